The number of hydrogen-bond donors (Lipinski definition) is 1. The second-order valence-electron chi connectivity index (χ2n) is 5.64. The van der Waals surface area contributed by atoms with Crippen molar-refractivity contribution in [3.63, 3.8) is 0 Å². The van der Waals surface area contributed by atoms with Crippen LogP contribution in [0.5, 0.6) is 5.75 Å². The Balaban J connectivity index is 1.80. The highest BCUT2D eigenvalue weighted by atomic mass is 79.9. The first kappa shape index (κ1) is 12.5. The van der Waals surface area contributed by atoms with E-state index in [2.05, 4.69) is 40.3 Å². The molecule has 98 valence electrons. The van der Waals surface area contributed by atoms with Crippen molar-refractivity contribution < 1.29 is 4.74 Å². The van der Waals surface area contributed by atoms with Gasteiger partial charge in [0.15, 0.2) is 0 Å². The second-order valence-corrected chi connectivity index (χ2v) is 6.55. The Morgan fingerprint density at radius 1 is 1.44 bits per heavy atom. The van der Waals surface area contributed by atoms with Gasteiger partial charge in [-0.2, -0.15) is 0 Å². The maximum Gasteiger partial charge on any atom is 0.125 e. The third kappa shape index (κ3) is 2.57. The van der Waals surface area contributed by atoms with E-state index in [0.717, 1.165) is 37.7 Å². The average molecular weight is 310 g/mol. The van der Waals surface area contributed by atoms with Gasteiger partial charge in [0.2, 0.25) is 0 Å². The van der Waals surface area contributed by atoms with Crippen LogP contribution in [0.1, 0.15) is 30.9 Å². The van der Waals surface area contributed by atoms with Crippen molar-refractivity contribution >= 4 is 15.9 Å². The number of halogens is 1. The molecule has 2 aliphatic heterocycles. The molecule has 0 saturated carbocycles. The van der Waals surface area contributed by atoms with E-state index >= 15 is 0 Å². The molecule has 0 bridgehead atoms. The summed E-state index contributed by atoms with van der Waals surface area (Å²) in [5.41, 5.74) is 2.73. The molecule has 1 saturated heterocycles. The van der Waals surface area contributed by atoms with E-state index in [1.807, 2.05) is 0 Å². The van der Waals surface area contributed by atoms with Crippen LogP contribution < -0.4 is 10.1 Å². The van der Waals surface area contributed by atoms with Crippen molar-refractivity contribution in [2.75, 3.05) is 13.2 Å². The third-order valence-corrected chi connectivity index (χ3v) is 4.51. The standard InChI is InChI=1S/C15H20BrNO/c1-10-2-4-17-14(6-10)9-12-8-13(16)7-11-3-5-18-15(11)12/h7-8,10,14,17H,2-6,9H2,1H3. The van der Waals surface area contributed by atoms with Gasteiger partial charge in [0.1, 0.15) is 5.75 Å². The van der Waals surface area contributed by atoms with Crippen LogP contribution in [0.25, 0.3) is 0 Å². The Bertz CT molecular complexity index is 446. The van der Waals surface area contributed by atoms with Crippen LogP contribution in [-0.4, -0.2) is 19.2 Å². The first-order valence-electron chi connectivity index (χ1n) is 6.90. The van der Waals surface area contributed by atoms with Gasteiger partial charge in [-0.05, 0) is 55.0 Å². The molecular weight excluding hydrogens is 290 g/mol. The summed E-state index contributed by atoms with van der Waals surface area (Å²) in [6.45, 7) is 4.35. The molecule has 2 heterocycles. The van der Waals surface area contributed by atoms with Gasteiger partial charge in [0.25, 0.3) is 0 Å². The first-order valence-corrected chi connectivity index (χ1v) is 7.69. The molecule has 0 radical (unpaired) electrons. The van der Waals surface area contributed by atoms with Crippen molar-refractivity contribution in [3.05, 3.63) is 27.7 Å². The highest BCUT2D eigenvalue weighted by Crippen LogP contribution is 2.34. The van der Waals surface area contributed by atoms with E-state index in [4.69, 9.17) is 4.74 Å². The van der Waals surface area contributed by atoms with Crippen LogP contribution in [0.3, 0.4) is 0 Å². The fourth-order valence-electron chi connectivity index (χ4n) is 3.14. The number of fused-ring (bicyclic) bond motifs is 1. The molecule has 2 unspecified atom stereocenters. The number of piperidine rings is 1. The smallest absolute Gasteiger partial charge is 0.125 e. The Kier molecular flexibility index (Phi) is 3.62. The van der Waals surface area contributed by atoms with E-state index in [1.54, 1.807) is 0 Å². The maximum atomic E-state index is 5.80. The molecule has 2 aliphatic rings. The second kappa shape index (κ2) is 5.22. The predicted molar refractivity (Wildman–Crippen MR) is 77.2 cm³/mol. The van der Waals surface area contributed by atoms with Crippen LogP contribution >= 0.6 is 15.9 Å². The van der Waals surface area contributed by atoms with E-state index < -0.39 is 0 Å². The van der Waals surface area contributed by atoms with Crippen molar-refractivity contribution in [1.82, 2.24) is 5.32 Å². The first-order chi connectivity index (χ1) is 8.72. The molecule has 1 fully saturated rings. The minimum atomic E-state index is 0.608. The number of rotatable bonds is 2. The SMILES string of the molecule is CC1CCNC(Cc2cc(Br)cc3c2OCC3)C1. The lowest BCUT2D eigenvalue weighted by Crippen LogP contribution is -2.38. The van der Waals surface area contributed by atoms with Crippen LogP contribution in [0, 0.1) is 5.92 Å². The summed E-state index contributed by atoms with van der Waals surface area (Å²) in [6, 6.07) is 5.03. The zero-order chi connectivity index (χ0) is 12.5. The van der Waals surface area contributed by atoms with Gasteiger partial charge in [0, 0.05) is 16.9 Å². The minimum Gasteiger partial charge on any atom is -0.493 e. The summed E-state index contributed by atoms with van der Waals surface area (Å²) >= 11 is 3.62. The molecule has 0 amide bonds. The largest absolute Gasteiger partial charge is 0.493 e. The van der Waals surface area contributed by atoms with Crippen molar-refractivity contribution in [1.29, 1.82) is 0 Å². The van der Waals surface area contributed by atoms with Crippen LogP contribution in [0.4, 0.5) is 0 Å². The normalized spacial score (nSPS) is 26.8. The fourth-order valence-corrected chi connectivity index (χ4v) is 3.69. The topological polar surface area (TPSA) is 21.3 Å². The lowest BCUT2D eigenvalue weighted by Gasteiger charge is -2.28. The number of hydrogen-bond acceptors (Lipinski definition) is 2. The third-order valence-electron chi connectivity index (χ3n) is 4.05. The summed E-state index contributed by atoms with van der Waals surface area (Å²) in [7, 11) is 0. The van der Waals surface area contributed by atoms with Gasteiger partial charge in [-0.15, -0.1) is 0 Å². The Morgan fingerprint density at radius 2 is 2.33 bits per heavy atom. The van der Waals surface area contributed by atoms with Crippen LogP contribution in [0.2, 0.25) is 0 Å². The summed E-state index contributed by atoms with van der Waals surface area (Å²) in [5, 5.41) is 3.64. The van der Waals surface area contributed by atoms with Crippen molar-refractivity contribution in [3.8, 4) is 5.75 Å². The predicted octanol–water partition coefficient (Wildman–Crippen LogP) is 3.31. The maximum absolute atomic E-state index is 5.80. The zero-order valence-electron chi connectivity index (χ0n) is 10.8. The molecule has 1 aromatic rings. The Hall–Kier alpha value is -0.540. The van der Waals surface area contributed by atoms with Gasteiger partial charge in [-0.25, -0.2) is 0 Å². The van der Waals surface area contributed by atoms with Crippen molar-refractivity contribution in [2.45, 2.75) is 38.6 Å². The lowest BCUT2D eigenvalue weighted by atomic mass is 9.90. The van der Waals surface area contributed by atoms with Gasteiger partial charge in [-0.3, -0.25) is 0 Å². The molecule has 1 N–H and O–H groups in total. The summed E-state index contributed by atoms with van der Waals surface area (Å²) in [6.07, 6.45) is 4.73. The molecule has 0 spiro atoms. The highest BCUT2D eigenvalue weighted by Gasteiger charge is 2.23. The Labute approximate surface area is 117 Å². The van der Waals surface area contributed by atoms with E-state index in [0.29, 0.717) is 6.04 Å². The molecule has 18 heavy (non-hydrogen) atoms. The molecule has 3 heteroatoms. The lowest BCUT2D eigenvalue weighted by molar-refractivity contribution is 0.312. The van der Waals surface area contributed by atoms with Crippen molar-refractivity contribution in [2.24, 2.45) is 5.92 Å². The van der Waals surface area contributed by atoms with Gasteiger partial charge in [0.05, 0.1) is 6.61 Å². The minimum absolute atomic E-state index is 0.608. The zero-order valence-corrected chi connectivity index (χ0v) is 12.4. The highest BCUT2D eigenvalue weighted by molar-refractivity contribution is 9.10. The van der Waals surface area contributed by atoms with E-state index in [9.17, 15) is 0 Å². The van der Waals surface area contributed by atoms with Gasteiger partial charge in [-0.1, -0.05) is 22.9 Å². The van der Waals surface area contributed by atoms with Gasteiger partial charge >= 0.3 is 0 Å². The summed E-state index contributed by atoms with van der Waals surface area (Å²) in [5.74, 6) is 2.00. The summed E-state index contributed by atoms with van der Waals surface area (Å²) < 4.78 is 6.99. The average Bonchev–Trinajstić information content (AvgIpc) is 2.77. The van der Waals surface area contributed by atoms with E-state index in [-0.39, 0.29) is 0 Å². The number of ether oxygens (including phenoxy) is 1. The quantitative estimate of drug-likeness (QED) is 0.905. The molecule has 1 aromatic carbocycles. The molecule has 2 nitrogen and oxygen atoms in total. The molecule has 0 aliphatic carbocycles. The molecular formula is C15H20BrNO. The summed E-state index contributed by atoms with van der Waals surface area (Å²) in [4.78, 5) is 0. The molecule has 3 rings (SSSR count). The fraction of sp³-hybridized carbons (Fsp3) is 0.600. The number of nitrogens with one attached hydrogen (secondary N) is 1. The Morgan fingerprint density at radius 3 is 3.17 bits per heavy atom. The van der Waals surface area contributed by atoms with E-state index in [1.165, 1.54) is 28.4 Å². The number of benzene rings is 1. The van der Waals surface area contributed by atoms with Crippen LogP contribution in [-0.2, 0) is 12.8 Å². The molecule has 2 atom stereocenters. The van der Waals surface area contributed by atoms with Gasteiger partial charge < -0.3 is 10.1 Å². The molecule has 0 aromatic heterocycles. The monoisotopic (exact) mass is 309 g/mol. The van der Waals surface area contributed by atoms with Crippen LogP contribution in [0.15, 0.2) is 16.6 Å².